The summed E-state index contributed by atoms with van der Waals surface area (Å²) in [5.41, 5.74) is -0.0937. The summed E-state index contributed by atoms with van der Waals surface area (Å²) in [6, 6.07) is 8.92. The fraction of sp³-hybridized carbons (Fsp3) is 0. The summed E-state index contributed by atoms with van der Waals surface area (Å²) < 4.78 is 152. The SMILES string of the molecule is [2H]c1c([2H])c(-c2ccccc2)c2c(oc3c([2H])c(-c4nc(-c5ccccc5)nc(-n5c6c([2H])c([2H])c([2H])c([2H])c6c6c([2H])c([2H])c7sc8c([2H])c([2H])c([2H])c([2H])c8c7c65)n4)c([2H])c([2H])c32)c1[2H]. The molecule has 0 unspecified atom stereocenters. The summed E-state index contributed by atoms with van der Waals surface area (Å²) >= 11 is 0.850. The van der Waals surface area contributed by atoms with Crippen molar-refractivity contribution in [1.82, 2.24) is 19.5 Å². The first kappa shape index (κ1) is 16.9. The second-order valence-electron chi connectivity index (χ2n) is 11.6. The van der Waals surface area contributed by atoms with Gasteiger partial charge in [0.15, 0.2) is 11.6 Å². The zero-order valence-electron chi connectivity index (χ0n) is 41.9. The van der Waals surface area contributed by atoms with Crippen molar-refractivity contribution >= 4 is 75.3 Å². The first-order valence-corrected chi connectivity index (χ1v) is 16.5. The Morgan fingerprint density at radius 3 is 2.10 bits per heavy atom. The molecule has 51 heavy (non-hydrogen) atoms. The van der Waals surface area contributed by atoms with Crippen molar-refractivity contribution in [2.75, 3.05) is 0 Å². The summed E-state index contributed by atoms with van der Waals surface area (Å²) in [6.07, 6.45) is 0. The zero-order chi connectivity index (χ0) is 47.4. The molecule has 0 aliphatic heterocycles. The summed E-state index contributed by atoms with van der Waals surface area (Å²) in [5.74, 6) is -0.820. The van der Waals surface area contributed by atoms with Crippen molar-refractivity contribution in [1.29, 1.82) is 0 Å². The Bertz CT molecular complexity index is 4060. The number of fused-ring (bicyclic) bond motifs is 10. The summed E-state index contributed by atoms with van der Waals surface area (Å²) in [7, 11) is 0. The van der Waals surface area contributed by atoms with Gasteiger partial charge in [-0.15, -0.1) is 11.3 Å². The molecule has 0 spiro atoms. The molecule has 11 rings (SSSR count). The Kier molecular flexibility index (Phi) is 3.61. The van der Waals surface area contributed by atoms with Crippen molar-refractivity contribution < 1.29 is 26.3 Å². The van der Waals surface area contributed by atoms with Crippen LogP contribution in [-0.4, -0.2) is 19.5 Å². The number of furan rings is 1. The third kappa shape index (κ3) is 4.30. The van der Waals surface area contributed by atoms with Crippen LogP contribution in [-0.2, 0) is 0 Å². The summed E-state index contributed by atoms with van der Waals surface area (Å²) in [4.78, 5) is 14.3. The Morgan fingerprint density at radius 1 is 0.529 bits per heavy atom. The summed E-state index contributed by atoms with van der Waals surface area (Å²) in [6.45, 7) is 0. The highest BCUT2D eigenvalue weighted by atomic mass is 32.1. The lowest BCUT2D eigenvalue weighted by Crippen LogP contribution is -2.06. The number of thiophene rings is 1. The van der Waals surface area contributed by atoms with Crippen molar-refractivity contribution in [2.45, 2.75) is 0 Å². The highest BCUT2D eigenvalue weighted by Crippen LogP contribution is 2.43. The van der Waals surface area contributed by atoms with E-state index in [0.29, 0.717) is 11.1 Å². The van der Waals surface area contributed by atoms with E-state index in [2.05, 4.69) is 0 Å². The fourth-order valence-corrected chi connectivity index (χ4v) is 7.45. The van der Waals surface area contributed by atoms with Crippen LogP contribution in [0.15, 0.2) is 162 Å². The molecule has 0 atom stereocenters. The number of para-hydroxylation sites is 1. The van der Waals surface area contributed by atoms with E-state index in [1.165, 1.54) is 4.57 Å². The predicted octanol–water partition coefficient (Wildman–Crippen LogP) is 12.2. The van der Waals surface area contributed by atoms with Gasteiger partial charge in [-0.2, -0.15) is 9.97 Å². The van der Waals surface area contributed by atoms with Crippen LogP contribution in [0.2, 0.25) is 0 Å². The van der Waals surface area contributed by atoms with Crippen LogP contribution in [0.4, 0.5) is 0 Å². The summed E-state index contributed by atoms with van der Waals surface area (Å²) in [5, 5.41) is -0.327. The van der Waals surface area contributed by atoms with E-state index in [4.69, 9.17) is 33.1 Å². The van der Waals surface area contributed by atoms with Crippen LogP contribution in [0.1, 0.15) is 21.9 Å². The van der Waals surface area contributed by atoms with Crippen molar-refractivity contribution in [2.24, 2.45) is 0 Å². The van der Waals surface area contributed by atoms with Gasteiger partial charge in [0, 0.05) is 52.8 Å². The van der Waals surface area contributed by atoms with Crippen LogP contribution in [0.25, 0.3) is 104 Å². The van der Waals surface area contributed by atoms with E-state index in [-0.39, 0.29) is 98.7 Å². The molecule has 4 heterocycles. The van der Waals surface area contributed by atoms with E-state index in [1.807, 2.05) is 0 Å². The average Bonchev–Trinajstić information content (AvgIpc) is 4.04. The number of benzene rings is 7. The maximum atomic E-state index is 9.63. The van der Waals surface area contributed by atoms with Gasteiger partial charge >= 0.3 is 0 Å². The van der Waals surface area contributed by atoms with Gasteiger partial charge < -0.3 is 4.42 Å². The van der Waals surface area contributed by atoms with Gasteiger partial charge in [0.1, 0.15) is 11.2 Å². The lowest BCUT2D eigenvalue weighted by molar-refractivity contribution is 0.669. The molecule has 238 valence electrons. The van der Waals surface area contributed by atoms with Crippen molar-refractivity contribution in [3.63, 3.8) is 0 Å². The van der Waals surface area contributed by atoms with E-state index in [0.717, 1.165) is 11.3 Å². The van der Waals surface area contributed by atoms with Gasteiger partial charge in [0.25, 0.3) is 0 Å². The second-order valence-corrected chi connectivity index (χ2v) is 12.6. The molecule has 0 saturated heterocycles. The molecule has 0 aliphatic carbocycles. The van der Waals surface area contributed by atoms with Gasteiger partial charge in [0.05, 0.1) is 33.0 Å². The lowest BCUT2D eigenvalue weighted by Gasteiger charge is -2.11. The minimum absolute atomic E-state index is 0.0294. The van der Waals surface area contributed by atoms with E-state index < -0.39 is 90.6 Å². The molecule has 0 saturated carbocycles. The van der Waals surface area contributed by atoms with Gasteiger partial charge in [-0.25, -0.2) is 4.98 Å². The molecular weight excluding hydrogens is 645 g/mol. The van der Waals surface area contributed by atoms with Gasteiger partial charge in [-0.1, -0.05) is 121 Å². The molecule has 0 radical (unpaired) electrons. The first-order valence-electron chi connectivity index (χ1n) is 23.7. The molecule has 0 fully saturated rings. The number of hydrogen-bond donors (Lipinski definition) is 0. The van der Waals surface area contributed by atoms with Crippen molar-refractivity contribution in [3.8, 4) is 39.9 Å². The minimum atomic E-state index is -0.670. The van der Waals surface area contributed by atoms with E-state index in [1.54, 1.807) is 60.7 Å². The average molecular weight is 687 g/mol. The topological polar surface area (TPSA) is 56.7 Å². The molecule has 0 aliphatic rings. The highest BCUT2D eigenvalue weighted by molar-refractivity contribution is 7.26. The zero-order valence-corrected chi connectivity index (χ0v) is 26.7. The van der Waals surface area contributed by atoms with Crippen LogP contribution >= 0.6 is 11.3 Å². The van der Waals surface area contributed by atoms with Crippen LogP contribution < -0.4 is 0 Å². The Morgan fingerprint density at radius 2 is 1.25 bits per heavy atom. The van der Waals surface area contributed by atoms with Crippen LogP contribution in [0, 0.1) is 0 Å². The fourth-order valence-electron chi connectivity index (χ4n) is 6.48. The van der Waals surface area contributed by atoms with Gasteiger partial charge in [0.2, 0.25) is 5.95 Å². The number of aromatic nitrogens is 4. The lowest BCUT2D eigenvalue weighted by atomic mass is 9.99. The molecular formula is C45H26N4OS. The predicted molar refractivity (Wildman–Crippen MR) is 211 cm³/mol. The van der Waals surface area contributed by atoms with Crippen LogP contribution in [0.5, 0.6) is 0 Å². The monoisotopic (exact) mass is 686 g/mol. The number of nitrogens with zero attached hydrogens (tertiary/aromatic N) is 4. The molecule has 0 amide bonds. The number of rotatable bonds is 4. The normalized spacial score (nSPS) is 16.3. The molecule has 0 N–H and O–H groups in total. The molecule has 11 aromatic rings. The van der Waals surface area contributed by atoms with Crippen LogP contribution in [0.3, 0.4) is 0 Å². The largest absolute Gasteiger partial charge is 0.456 e. The van der Waals surface area contributed by atoms with E-state index >= 15 is 0 Å². The molecule has 0 bridgehead atoms. The highest BCUT2D eigenvalue weighted by Gasteiger charge is 2.22. The maximum absolute atomic E-state index is 9.63. The van der Waals surface area contributed by atoms with Gasteiger partial charge in [-0.05, 0) is 47.4 Å². The molecule has 5 nitrogen and oxygen atoms in total. The Balaban J connectivity index is 1.33. The minimum Gasteiger partial charge on any atom is -0.456 e. The molecule has 4 aromatic heterocycles. The Hall–Kier alpha value is -6.63. The molecule has 7 aromatic carbocycles. The quantitative estimate of drug-likeness (QED) is 0.185. The first-order chi connectivity index (χ1) is 32.0. The number of hydrogen-bond acceptors (Lipinski definition) is 5. The second kappa shape index (κ2) is 10.9. The third-order valence-corrected chi connectivity index (χ3v) is 9.71. The smallest absolute Gasteiger partial charge is 0.238 e. The van der Waals surface area contributed by atoms with Gasteiger partial charge in [-0.3, -0.25) is 4.57 Å². The molecule has 6 heteroatoms. The maximum Gasteiger partial charge on any atom is 0.238 e. The van der Waals surface area contributed by atoms with Crippen molar-refractivity contribution in [3.05, 3.63) is 157 Å². The standard InChI is InChI=1S/C45H26N4OS/c1-3-12-27(13-4-1)30-18-11-20-36-40(30)33-23-22-29(26-37(33)50-36)44-46-43(28-14-5-2-6-15-28)47-45(48-44)49-35-19-9-7-16-31(35)32-24-25-39-41(42(32)49)34-17-8-10-21-38(34)51-39/h1-26H/i7D,8D,9D,10D,11D,16D,17D,18D,19D,20D,21D,22D,23D,24D,25D,26D. The Labute approximate surface area is 318 Å². The third-order valence-electron chi connectivity index (χ3n) is 8.69. The van der Waals surface area contributed by atoms with E-state index in [9.17, 15) is 8.22 Å².